The van der Waals surface area contributed by atoms with Crippen LogP contribution in [0.15, 0.2) is 24.4 Å². The van der Waals surface area contributed by atoms with Crippen molar-refractivity contribution < 1.29 is 14.3 Å². The third kappa shape index (κ3) is 3.68. The maximum absolute atomic E-state index is 11.9. The van der Waals surface area contributed by atoms with E-state index in [-0.39, 0.29) is 17.6 Å². The predicted octanol–water partition coefficient (Wildman–Crippen LogP) is 1.87. The number of ether oxygens (including phenoxy) is 2. The molecule has 0 atom stereocenters. The molecule has 0 radical (unpaired) electrons. The largest absolute Gasteiger partial charge is 0.355 e. The quantitative estimate of drug-likeness (QED) is 0.864. The van der Waals surface area contributed by atoms with Crippen LogP contribution in [0.2, 0.25) is 0 Å². The van der Waals surface area contributed by atoms with Gasteiger partial charge in [0.05, 0.1) is 26.0 Å². The fraction of sp³-hybridized carbons (Fsp3) is 0.526. The SMILES string of the molecule is CNC(=O)c1ccc(C)c(N(C)c2cn(CC3OCC4(CC4)CO3)nn2)c1. The molecule has 1 aromatic heterocycles. The minimum atomic E-state index is -0.283. The summed E-state index contributed by atoms with van der Waals surface area (Å²) in [7, 11) is 3.53. The zero-order valence-electron chi connectivity index (χ0n) is 15.9. The van der Waals surface area contributed by atoms with Crippen LogP contribution in [0.25, 0.3) is 0 Å². The molecule has 1 aromatic carbocycles. The van der Waals surface area contributed by atoms with Crippen molar-refractivity contribution in [3.8, 4) is 0 Å². The van der Waals surface area contributed by atoms with Crippen molar-refractivity contribution in [3.05, 3.63) is 35.5 Å². The molecule has 4 rings (SSSR count). The van der Waals surface area contributed by atoms with Gasteiger partial charge in [0.15, 0.2) is 12.1 Å². The normalized spacial score (nSPS) is 18.5. The molecule has 2 aromatic rings. The summed E-state index contributed by atoms with van der Waals surface area (Å²) in [4.78, 5) is 13.8. The first-order valence-corrected chi connectivity index (χ1v) is 9.19. The smallest absolute Gasteiger partial charge is 0.251 e. The summed E-state index contributed by atoms with van der Waals surface area (Å²) in [6, 6.07) is 5.60. The van der Waals surface area contributed by atoms with Gasteiger partial charge >= 0.3 is 0 Å². The highest BCUT2D eigenvalue weighted by Crippen LogP contribution is 2.48. The standard InChI is InChI=1S/C19H25N5O3/c1-13-4-5-14(18(25)20-2)8-15(13)23(3)16-9-24(22-21-16)10-17-26-11-19(6-7-19)12-27-17/h4-5,8-9,17H,6-7,10-12H2,1-3H3,(H,20,25). The van der Waals surface area contributed by atoms with E-state index < -0.39 is 0 Å². The molecular weight excluding hydrogens is 346 g/mol. The van der Waals surface area contributed by atoms with E-state index in [4.69, 9.17) is 9.47 Å². The van der Waals surface area contributed by atoms with E-state index in [9.17, 15) is 4.79 Å². The molecule has 2 aliphatic rings. The summed E-state index contributed by atoms with van der Waals surface area (Å²) < 4.78 is 13.4. The summed E-state index contributed by atoms with van der Waals surface area (Å²) in [5.74, 6) is 0.579. The topological polar surface area (TPSA) is 81.5 Å². The number of amides is 1. The highest BCUT2D eigenvalue weighted by Gasteiger charge is 2.46. The van der Waals surface area contributed by atoms with Gasteiger partial charge in [0, 0.05) is 30.8 Å². The van der Waals surface area contributed by atoms with E-state index in [1.807, 2.05) is 43.3 Å². The Morgan fingerprint density at radius 2 is 2.11 bits per heavy atom. The summed E-state index contributed by atoms with van der Waals surface area (Å²) in [5, 5.41) is 11.1. The predicted molar refractivity (Wildman–Crippen MR) is 100 cm³/mol. The van der Waals surface area contributed by atoms with Gasteiger partial charge < -0.3 is 19.7 Å². The van der Waals surface area contributed by atoms with E-state index in [1.165, 1.54) is 12.8 Å². The third-order valence-corrected chi connectivity index (χ3v) is 5.37. The molecule has 0 unspecified atom stereocenters. The second-order valence-corrected chi connectivity index (χ2v) is 7.49. The van der Waals surface area contributed by atoms with Crippen LogP contribution < -0.4 is 10.2 Å². The first-order valence-electron chi connectivity index (χ1n) is 9.19. The zero-order chi connectivity index (χ0) is 19.0. The van der Waals surface area contributed by atoms with Crippen LogP contribution in [-0.2, 0) is 16.0 Å². The summed E-state index contributed by atoms with van der Waals surface area (Å²) in [6.45, 7) is 4.05. The van der Waals surface area contributed by atoms with Crippen molar-refractivity contribution in [2.45, 2.75) is 32.6 Å². The lowest BCUT2D eigenvalue weighted by atomic mass is 10.1. The fourth-order valence-electron chi connectivity index (χ4n) is 3.26. The maximum atomic E-state index is 11.9. The molecule has 8 heteroatoms. The molecule has 2 fully saturated rings. The number of hydrogen-bond donors (Lipinski definition) is 1. The Bertz CT molecular complexity index is 836. The molecule has 1 amide bonds. The van der Waals surface area contributed by atoms with Crippen LogP contribution in [0.3, 0.4) is 0 Å². The van der Waals surface area contributed by atoms with Gasteiger partial charge in [-0.05, 0) is 37.5 Å². The summed E-state index contributed by atoms with van der Waals surface area (Å²) in [6.07, 6.45) is 3.98. The molecule has 0 bridgehead atoms. The van der Waals surface area contributed by atoms with Crippen LogP contribution in [0, 0.1) is 12.3 Å². The van der Waals surface area contributed by atoms with Crippen molar-refractivity contribution in [3.63, 3.8) is 0 Å². The number of hydrogen-bond acceptors (Lipinski definition) is 6. The Morgan fingerprint density at radius 3 is 2.78 bits per heavy atom. The van der Waals surface area contributed by atoms with Gasteiger partial charge in [-0.15, -0.1) is 5.10 Å². The third-order valence-electron chi connectivity index (χ3n) is 5.37. The number of benzene rings is 1. The van der Waals surface area contributed by atoms with Crippen LogP contribution in [-0.4, -0.2) is 54.5 Å². The van der Waals surface area contributed by atoms with E-state index in [2.05, 4.69) is 15.6 Å². The van der Waals surface area contributed by atoms with Gasteiger partial charge in [-0.3, -0.25) is 4.79 Å². The van der Waals surface area contributed by atoms with Gasteiger partial charge in [-0.2, -0.15) is 0 Å². The summed E-state index contributed by atoms with van der Waals surface area (Å²) >= 11 is 0. The average Bonchev–Trinajstić information content (AvgIpc) is 3.28. The van der Waals surface area contributed by atoms with E-state index in [0.717, 1.165) is 24.5 Å². The van der Waals surface area contributed by atoms with Crippen molar-refractivity contribution in [1.82, 2.24) is 20.3 Å². The van der Waals surface area contributed by atoms with Crippen molar-refractivity contribution in [2.24, 2.45) is 5.41 Å². The van der Waals surface area contributed by atoms with Gasteiger partial charge in [-0.25, -0.2) is 4.68 Å². The molecule has 1 spiro atoms. The number of carbonyl (C=O) groups is 1. The Morgan fingerprint density at radius 1 is 1.37 bits per heavy atom. The molecule has 144 valence electrons. The molecular formula is C19H25N5O3. The lowest BCUT2D eigenvalue weighted by Gasteiger charge is -2.29. The molecule has 1 aliphatic heterocycles. The molecule has 1 aliphatic carbocycles. The molecule has 1 N–H and O–H groups in total. The van der Waals surface area contributed by atoms with E-state index in [1.54, 1.807) is 11.7 Å². The van der Waals surface area contributed by atoms with Crippen LogP contribution in [0.5, 0.6) is 0 Å². The first kappa shape index (κ1) is 17.9. The van der Waals surface area contributed by atoms with Crippen LogP contribution in [0.1, 0.15) is 28.8 Å². The lowest BCUT2D eigenvalue weighted by molar-refractivity contribution is -0.213. The number of aromatic nitrogens is 3. The van der Waals surface area contributed by atoms with E-state index >= 15 is 0 Å². The minimum Gasteiger partial charge on any atom is -0.355 e. The monoisotopic (exact) mass is 371 g/mol. The molecule has 1 saturated carbocycles. The number of rotatable bonds is 5. The minimum absolute atomic E-state index is 0.117. The number of nitrogens with one attached hydrogen (secondary N) is 1. The molecule has 1 saturated heterocycles. The second kappa shape index (κ2) is 6.94. The Balaban J connectivity index is 1.45. The lowest BCUT2D eigenvalue weighted by Crippen LogP contribution is -2.36. The first-order chi connectivity index (χ1) is 13.0. The average molecular weight is 371 g/mol. The van der Waals surface area contributed by atoms with Crippen molar-refractivity contribution >= 4 is 17.4 Å². The Kier molecular flexibility index (Phi) is 4.61. The van der Waals surface area contributed by atoms with Crippen LogP contribution in [0.4, 0.5) is 11.5 Å². The number of nitrogens with zero attached hydrogens (tertiary/aromatic N) is 4. The number of anilines is 2. The number of carbonyl (C=O) groups excluding carboxylic acids is 1. The van der Waals surface area contributed by atoms with Gasteiger partial charge in [0.25, 0.3) is 5.91 Å². The zero-order valence-corrected chi connectivity index (χ0v) is 15.9. The highest BCUT2D eigenvalue weighted by atomic mass is 16.7. The molecule has 8 nitrogen and oxygen atoms in total. The Labute approximate surface area is 158 Å². The van der Waals surface area contributed by atoms with E-state index in [0.29, 0.717) is 17.9 Å². The molecule has 27 heavy (non-hydrogen) atoms. The fourth-order valence-corrected chi connectivity index (χ4v) is 3.26. The molecule has 2 heterocycles. The summed E-state index contributed by atoms with van der Waals surface area (Å²) in [5.41, 5.74) is 2.85. The number of aryl methyl sites for hydroxylation is 1. The van der Waals surface area contributed by atoms with Gasteiger partial charge in [0.1, 0.15) is 0 Å². The van der Waals surface area contributed by atoms with Crippen molar-refractivity contribution in [1.29, 1.82) is 0 Å². The van der Waals surface area contributed by atoms with Crippen LogP contribution >= 0.6 is 0 Å². The highest BCUT2D eigenvalue weighted by molar-refractivity contribution is 5.95. The van der Waals surface area contributed by atoms with Crippen molar-refractivity contribution in [2.75, 3.05) is 32.2 Å². The Hall–Kier alpha value is -2.45. The van der Waals surface area contributed by atoms with Gasteiger partial charge in [0.2, 0.25) is 0 Å². The second-order valence-electron chi connectivity index (χ2n) is 7.49. The van der Waals surface area contributed by atoms with Gasteiger partial charge in [-0.1, -0.05) is 11.3 Å². The maximum Gasteiger partial charge on any atom is 0.251 e.